The third-order valence-electron chi connectivity index (χ3n) is 4.13. The summed E-state index contributed by atoms with van der Waals surface area (Å²) in [6.45, 7) is 3.76. The fourth-order valence-corrected chi connectivity index (χ4v) is 3.18. The van der Waals surface area contributed by atoms with Gasteiger partial charge in [0.1, 0.15) is 17.6 Å². The Hall–Kier alpha value is -1.06. The largest absolute Gasteiger partial charge is 0.609 e. The molecule has 130 valence electrons. The van der Waals surface area contributed by atoms with E-state index in [2.05, 4.69) is 15.3 Å². The maximum Gasteiger partial charge on any atom is 0.421 e. The van der Waals surface area contributed by atoms with Crippen LogP contribution in [0.3, 0.4) is 0 Å². The molecular formula is C14H20F3N3O2S. The van der Waals surface area contributed by atoms with Crippen LogP contribution in [0.15, 0.2) is 11.4 Å². The van der Waals surface area contributed by atoms with Crippen LogP contribution in [0, 0.1) is 5.41 Å². The molecular weight excluding hydrogens is 331 g/mol. The van der Waals surface area contributed by atoms with Gasteiger partial charge in [-0.1, -0.05) is 13.8 Å². The van der Waals surface area contributed by atoms with Gasteiger partial charge in [0.05, 0.1) is 6.10 Å². The maximum atomic E-state index is 13.1. The number of aliphatic hydroxyl groups excluding tert-OH is 1. The van der Waals surface area contributed by atoms with Gasteiger partial charge in [-0.15, -0.1) is 0 Å². The quantitative estimate of drug-likeness (QED) is 0.646. The summed E-state index contributed by atoms with van der Waals surface area (Å²) in [6, 6.07) is -0.248. The highest BCUT2D eigenvalue weighted by Crippen LogP contribution is 2.39. The second-order valence-electron chi connectivity index (χ2n) is 6.49. The predicted octanol–water partition coefficient (Wildman–Crippen LogP) is 2.58. The van der Waals surface area contributed by atoms with Crippen molar-refractivity contribution < 1.29 is 22.8 Å². The Morgan fingerprint density at radius 2 is 2.04 bits per heavy atom. The van der Waals surface area contributed by atoms with Crippen molar-refractivity contribution in [1.82, 2.24) is 9.97 Å². The van der Waals surface area contributed by atoms with Gasteiger partial charge in [-0.3, -0.25) is 0 Å². The van der Waals surface area contributed by atoms with Gasteiger partial charge in [-0.25, -0.2) is 0 Å². The molecule has 0 aromatic carbocycles. The second kappa shape index (κ2) is 6.45. The number of alkyl halides is 3. The molecule has 0 amide bonds. The van der Waals surface area contributed by atoms with Crippen molar-refractivity contribution in [1.29, 1.82) is 0 Å². The van der Waals surface area contributed by atoms with Crippen molar-refractivity contribution in [3.8, 4) is 0 Å². The molecule has 23 heavy (non-hydrogen) atoms. The molecule has 1 unspecified atom stereocenters. The van der Waals surface area contributed by atoms with E-state index in [4.69, 9.17) is 0 Å². The number of hydrogen-bond acceptors (Lipinski definition) is 5. The predicted molar refractivity (Wildman–Crippen MR) is 80.4 cm³/mol. The van der Waals surface area contributed by atoms with E-state index in [1.807, 2.05) is 13.8 Å². The summed E-state index contributed by atoms with van der Waals surface area (Å²) in [6.07, 6.45) is -1.55. The summed E-state index contributed by atoms with van der Waals surface area (Å²) >= 11 is -1.57. The van der Waals surface area contributed by atoms with E-state index in [1.165, 1.54) is 6.26 Å². The van der Waals surface area contributed by atoms with Gasteiger partial charge in [0.25, 0.3) is 0 Å². The van der Waals surface area contributed by atoms with Crippen LogP contribution in [0.1, 0.15) is 38.7 Å². The summed E-state index contributed by atoms with van der Waals surface area (Å²) in [7, 11) is 0. The Bertz CT molecular complexity index is 567. The van der Waals surface area contributed by atoms with Gasteiger partial charge < -0.3 is 15.0 Å². The van der Waals surface area contributed by atoms with E-state index in [-0.39, 0.29) is 17.0 Å². The van der Waals surface area contributed by atoms with Crippen LogP contribution in [0.5, 0.6) is 0 Å². The molecule has 5 nitrogen and oxygen atoms in total. The Balaban J connectivity index is 2.28. The van der Waals surface area contributed by atoms with Gasteiger partial charge in [0.15, 0.2) is 0 Å². The first kappa shape index (κ1) is 18.3. The molecule has 1 aromatic heterocycles. The zero-order valence-corrected chi connectivity index (χ0v) is 14.0. The SMILES string of the molecule is C[S+]([O-])c1ncc(C(F)(F)F)c(N[C@@H]2CC[C@H](O)C(C)(C)C2)n1. The van der Waals surface area contributed by atoms with Crippen molar-refractivity contribution in [3.05, 3.63) is 11.8 Å². The van der Waals surface area contributed by atoms with E-state index in [0.717, 1.165) is 0 Å². The van der Waals surface area contributed by atoms with Crippen molar-refractivity contribution >= 4 is 17.0 Å². The molecule has 1 saturated carbocycles. The van der Waals surface area contributed by atoms with E-state index < -0.39 is 34.4 Å². The summed E-state index contributed by atoms with van der Waals surface area (Å²) in [5.41, 5.74) is -1.37. The molecule has 3 atom stereocenters. The van der Waals surface area contributed by atoms with Gasteiger partial charge in [-0.2, -0.15) is 23.1 Å². The molecule has 1 aliphatic rings. The number of nitrogens with zero attached hydrogens (tertiary/aromatic N) is 2. The highest BCUT2D eigenvalue weighted by Gasteiger charge is 2.39. The average Bonchev–Trinajstić information content (AvgIpc) is 2.41. The van der Waals surface area contributed by atoms with Gasteiger partial charge in [0, 0.05) is 23.4 Å². The van der Waals surface area contributed by atoms with Crippen molar-refractivity contribution in [2.24, 2.45) is 5.41 Å². The first-order valence-electron chi connectivity index (χ1n) is 7.23. The summed E-state index contributed by atoms with van der Waals surface area (Å²) in [5.74, 6) is -0.352. The molecule has 1 aromatic rings. The number of halogens is 3. The molecule has 0 spiro atoms. The number of nitrogens with one attached hydrogen (secondary N) is 1. The number of aliphatic hydroxyl groups is 1. The number of hydrogen-bond donors (Lipinski definition) is 2. The van der Waals surface area contributed by atoms with Crippen LogP contribution >= 0.6 is 0 Å². The number of rotatable bonds is 3. The van der Waals surface area contributed by atoms with E-state index in [1.54, 1.807) is 0 Å². The van der Waals surface area contributed by atoms with Crippen molar-refractivity contribution in [2.45, 2.75) is 56.6 Å². The van der Waals surface area contributed by atoms with Gasteiger partial charge >= 0.3 is 11.3 Å². The fourth-order valence-electron chi connectivity index (χ4n) is 2.76. The molecule has 0 bridgehead atoms. The summed E-state index contributed by atoms with van der Waals surface area (Å²) < 4.78 is 50.8. The molecule has 9 heteroatoms. The Labute approximate surface area is 135 Å². The molecule has 0 radical (unpaired) electrons. The smallest absolute Gasteiger partial charge is 0.421 e. The molecule has 1 fully saturated rings. The molecule has 2 N–H and O–H groups in total. The Kier molecular flexibility index (Phi) is 5.12. The van der Waals surface area contributed by atoms with Crippen LogP contribution in [-0.2, 0) is 17.4 Å². The highest BCUT2D eigenvalue weighted by atomic mass is 32.2. The van der Waals surface area contributed by atoms with Crippen LogP contribution < -0.4 is 5.32 Å². The molecule has 1 heterocycles. The van der Waals surface area contributed by atoms with Crippen molar-refractivity contribution in [2.75, 3.05) is 11.6 Å². The molecule has 0 aliphatic heterocycles. The zero-order valence-electron chi connectivity index (χ0n) is 13.1. The van der Waals surface area contributed by atoms with Crippen LogP contribution in [-0.4, -0.2) is 38.0 Å². The van der Waals surface area contributed by atoms with Gasteiger partial charge in [0.2, 0.25) is 0 Å². The maximum absolute atomic E-state index is 13.1. The van der Waals surface area contributed by atoms with Crippen LogP contribution in [0.2, 0.25) is 0 Å². The van der Waals surface area contributed by atoms with Crippen LogP contribution in [0.25, 0.3) is 0 Å². The molecule has 0 saturated heterocycles. The highest BCUT2D eigenvalue weighted by molar-refractivity contribution is 7.90. The zero-order chi connectivity index (χ0) is 17.4. The number of anilines is 1. The lowest BCUT2D eigenvalue weighted by molar-refractivity contribution is -0.137. The first-order valence-corrected chi connectivity index (χ1v) is 8.79. The topological polar surface area (TPSA) is 81.1 Å². The molecule has 1 aliphatic carbocycles. The fraction of sp³-hybridized carbons (Fsp3) is 0.714. The average molecular weight is 351 g/mol. The lowest BCUT2D eigenvalue weighted by Gasteiger charge is -2.40. The van der Waals surface area contributed by atoms with E-state index in [9.17, 15) is 22.8 Å². The lowest BCUT2D eigenvalue weighted by Crippen LogP contribution is -2.41. The van der Waals surface area contributed by atoms with Gasteiger partial charge in [-0.05, 0) is 24.7 Å². The second-order valence-corrected chi connectivity index (χ2v) is 7.77. The Morgan fingerprint density at radius 1 is 1.39 bits per heavy atom. The number of aromatic nitrogens is 2. The molecule has 2 rings (SSSR count). The standard InChI is InChI=1S/C14H20F3N3O2S/c1-13(2)6-8(4-5-10(13)21)19-11-9(14(15,16)17)7-18-12(20-11)23(3)22/h7-8,10,21H,4-6H2,1-3H3,(H,18,19,20)/t8-,10+,23?/m1/s1. The first-order chi connectivity index (χ1) is 10.5. The van der Waals surface area contributed by atoms with E-state index >= 15 is 0 Å². The minimum atomic E-state index is -4.60. The van der Waals surface area contributed by atoms with E-state index in [0.29, 0.717) is 25.5 Å². The minimum absolute atomic E-state index is 0.143. The Morgan fingerprint density at radius 3 is 2.57 bits per heavy atom. The third kappa shape index (κ3) is 4.27. The lowest BCUT2D eigenvalue weighted by atomic mass is 9.73. The summed E-state index contributed by atoms with van der Waals surface area (Å²) in [4.78, 5) is 7.32. The van der Waals surface area contributed by atoms with Crippen molar-refractivity contribution in [3.63, 3.8) is 0 Å². The van der Waals surface area contributed by atoms with Crippen LogP contribution in [0.4, 0.5) is 19.0 Å². The minimum Gasteiger partial charge on any atom is -0.609 e. The third-order valence-corrected chi connectivity index (χ3v) is 4.84. The normalized spacial score (nSPS) is 25.9. The summed E-state index contributed by atoms with van der Waals surface area (Å²) in [5, 5.41) is 12.6. The monoisotopic (exact) mass is 351 g/mol.